The largest absolute Gasteiger partial charge is 0.396 e. The van der Waals surface area contributed by atoms with Crippen molar-refractivity contribution in [1.29, 1.82) is 0 Å². The molecule has 5 nitrogen and oxygen atoms in total. The number of ether oxygens (including phenoxy) is 1. The number of nitrogens with two attached hydrogens (primary N) is 2. The van der Waals surface area contributed by atoms with Crippen LogP contribution in [0, 0.1) is 5.92 Å². The van der Waals surface area contributed by atoms with Gasteiger partial charge in [-0.25, -0.2) is 4.98 Å². The third-order valence-corrected chi connectivity index (χ3v) is 3.51. The van der Waals surface area contributed by atoms with E-state index in [-0.39, 0.29) is 0 Å². The molecule has 0 radical (unpaired) electrons. The normalized spacial score (nSPS) is 28.2. The lowest BCUT2D eigenvalue weighted by Crippen LogP contribution is -2.31. The molecular weight excluding hydrogens is 216 g/mol. The van der Waals surface area contributed by atoms with Crippen molar-refractivity contribution in [3.63, 3.8) is 0 Å². The Hall–Kier alpha value is -1.49. The Morgan fingerprint density at radius 1 is 1.24 bits per heavy atom. The predicted octanol–water partition coefficient (Wildman–Crippen LogP) is 1.23. The van der Waals surface area contributed by atoms with Crippen LogP contribution in [0.1, 0.15) is 19.3 Å². The second-order valence-corrected chi connectivity index (χ2v) is 4.88. The van der Waals surface area contributed by atoms with Crippen molar-refractivity contribution >= 4 is 17.3 Å². The summed E-state index contributed by atoms with van der Waals surface area (Å²) < 4.78 is 5.77. The minimum Gasteiger partial charge on any atom is -0.396 e. The molecule has 0 bridgehead atoms. The van der Waals surface area contributed by atoms with Crippen molar-refractivity contribution in [3.05, 3.63) is 12.1 Å². The number of anilines is 3. The van der Waals surface area contributed by atoms with E-state index in [0.29, 0.717) is 23.7 Å². The summed E-state index contributed by atoms with van der Waals surface area (Å²) in [4.78, 5) is 4.24. The number of pyridine rings is 1. The Morgan fingerprint density at radius 3 is 2.76 bits per heavy atom. The molecule has 17 heavy (non-hydrogen) atoms. The van der Waals surface area contributed by atoms with Crippen LogP contribution in [0.3, 0.4) is 0 Å². The Kier molecular flexibility index (Phi) is 2.55. The highest BCUT2D eigenvalue weighted by molar-refractivity contribution is 5.61. The van der Waals surface area contributed by atoms with Gasteiger partial charge in [-0.15, -0.1) is 0 Å². The minimum absolute atomic E-state index is 0.343. The number of rotatable bonds is 3. The van der Waals surface area contributed by atoms with Gasteiger partial charge in [0, 0.05) is 6.61 Å². The highest BCUT2D eigenvalue weighted by Crippen LogP contribution is 2.39. The molecule has 5 heteroatoms. The van der Waals surface area contributed by atoms with Gasteiger partial charge in [0.05, 0.1) is 17.8 Å². The van der Waals surface area contributed by atoms with Crippen LogP contribution in [0.25, 0.3) is 0 Å². The number of nitrogens with zero attached hydrogens (tertiary/aromatic N) is 1. The van der Waals surface area contributed by atoms with E-state index in [1.807, 2.05) is 6.07 Å². The zero-order valence-electron chi connectivity index (χ0n) is 9.73. The van der Waals surface area contributed by atoms with Crippen LogP contribution >= 0.6 is 0 Å². The van der Waals surface area contributed by atoms with Crippen molar-refractivity contribution in [2.45, 2.75) is 31.4 Å². The fourth-order valence-electron chi connectivity index (χ4n) is 2.41. The van der Waals surface area contributed by atoms with Crippen molar-refractivity contribution in [1.82, 2.24) is 4.98 Å². The lowest BCUT2D eigenvalue weighted by Gasteiger charge is -2.20. The first kappa shape index (κ1) is 10.7. The van der Waals surface area contributed by atoms with Crippen molar-refractivity contribution in [2.75, 3.05) is 23.4 Å². The zero-order chi connectivity index (χ0) is 11.8. The highest BCUT2D eigenvalue weighted by atomic mass is 16.5. The van der Waals surface area contributed by atoms with E-state index in [9.17, 15) is 0 Å². The van der Waals surface area contributed by atoms with E-state index in [2.05, 4.69) is 10.3 Å². The molecule has 3 rings (SSSR count). The first-order valence-electron chi connectivity index (χ1n) is 6.14. The minimum atomic E-state index is 0.343. The summed E-state index contributed by atoms with van der Waals surface area (Å²) in [6.07, 6.45) is 3.96. The monoisotopic (exact) mass is 234 g/mol. The van der Waals surface area contributed by atoms with E-state index < -0.39 is 0 Å². The average molecular weight is 234 g/mol. The molecule has 1 saturated heterocycles. The summed E-state index contributed by atoms with van der Waals surface area (Å²) in [6.45, 7) is 0.837. The van der Waals surface area contributed by atoms with Crippen LogP contribution in [0.5, 0.6) is 0 Å². The maximum Gasteiger partial charge on any atom is 0.149 e. The third kappa shape index (κ3) is 2.15. The molecule has 2 unspecified atom stereocenters. The molecule has 0 amide bonds. The standard InChI is InChI=1S/C12H18N4O/c13-8-3-4-10(16-12(8)14)15-9-5-6-17-11(9)7-1-2-7/h3-4,7,9,11H,1-2,5-6,13H2,(H3,14,15,16). The first-order valence-corrected chi connectivity index (χ1v) is 6.14. The van der Waals surface area contributed by atoms with Crippen molar-refractivity contribution < 1.29 is 4.74 Å². The molecule has 1 aromatic heterocycles. The lowest BCUT2D eigenvalue weighted by atomic mass is 10.1. The van der Waals surface area contributed by atoms with Gasteiger partial charge in [-0.3, -0.25) is 0 Å². The third-order valence-electron chi connectivity index (χ3n) is 3.51. The van der Waals surface area contributed by atoms with Gasteiger partial charge in [0.25, 0.3) is 0 Å². The van der Waals surface area contributed by atoms with E-state index in [4.69, 9.17) is 16.2 Å². The van der Waals surface area contributed by atoms with Gasteiger partial charge in [-0.1, -0.05) is 0 Å². The fourth-order valence-corrected chi connectivity index (χ4v) is 2.41. The average Bonchev–Trinajstić information content (AvgIpc) is 3.05. The Labute approximate surface area is 101 Å². The summed E-state index contributed by atoms with van der Waals surface area (Å²) in [6, 6.07) is 4.01. The molecule has 1 aromatic rings. The Balaban J connectivity index is 1.70. The number of hydrogen-bond acceptors (Lipinski definition) is 5. The van der Waals surface area contributed by atoms with Crippen LogP contribution in [0.4, 0.5) is 17.3 Å². The summed E-state index contributed by atoms with van der Waals surface area (Å²) in [7, 11) is 0. The molecular formula is C12H18N4O. The molecule has 2 aliphatic rings. The quantitative estimate of drug-likeness (QED) is 0.732. The number of nitrogen functional groups attached to an aromatic ring is 2. The van der Waals surface area contributed by atoms with Crippen molar-refractivity contribution in [2.24, 2.45) is 5.92 Å². The Bertz CT molecular complexity index is 419. The van der Waals surface area contributed by atoms with Gasteiger partial charge in [-0.05, 0) is 37.3 Å². The lowest BCUT2D eigenvalue weighted by molar-refractivity contribution is 0.0898. The summed E-state index contributed by atoms with van der Waals surface area (Å²) in [5, 5.41) is 3.41. The van der Waals surface area contributed by atoms with Gasteiger partial charge in [0.2, 0.25) is 0 Å². The molecule has 1 aliphatic heterocycles. The molecule has 2 fully saturated rings. The SMILES string of the molecule is Nc1ccc(NC2CCOC2C2CC2)nc1N. The zero-order valence-corrected chi connectivity index (χ0v) is 9.73. The van der Waals surface area contributed by atoms with Gasteiger partial charge < -0.3 is 21.5 Å². The molecule has 5 N–H and O–H groups in total. The molecule has 2 atom stereocenters. The van der Waals surface area contributed by atoms with Gasteiger partial charge in [0.15, 0.2) is 0 Å². The summed E-state index contributed by atoms with van der Waals surface area (Å²) in [5.74, 6) is 1.91. The van der Waals surface area contributed by atoms with Crippen LogP contribution < -0.4 is 16.8 Å². The number of nitrogens with one attached hydrogen (secondary N) is 1. The first-order chi connectivity index (χ1) is 8.24. The molecule has 2 heterocycles. The topological polar surface area (TPSA) is 86.2 Å². The maximum absolute atomic E-state index is 5.77. The Morgan fingerprint density at radius 2 is 2.06 bits per heavy atom. The van der Waals surface area contributed by atoms with E-state index in [0.717, 1.165) is 24.8 Å². The predicted molar refractivity (Wildman–Crippen MR) is 67.6 cm³/mol. The van der Waals surface area contributed by atoms with Crippen LogP contribution in [0.15, 0.2) is 12.1 Å². The fraction of sp³-hybridized carbons (Fsp3) is 0.583. The van der Waals surface area contributed by atoms with Crippen LogP contribution in [-0.4, -0.2) is 23.7 Å². The molecule has 1 saturated carbocycles. The molecule has 1 aliphatic carbocycles. The van der Waals surface area contributed by atoms with E-state index >= 15 is 0 Å². The van der Waals surface area contributed by atoms with E-state index in [1.165, 1.54) is 12.8 Å². The van der Waals surface area contributed by atoms with E-state index in [1.54, 1.807) is 6.07 Å². The highest BCUT2D eigenvalue weighted by Gasteiger charge is 2.40. The van der Waals surface area contributed by atoms with Gasteiger partial charge in [-0.2, -0.15) is 0 Å². The molecule has 92 valence electrons. The molecule has 0 aromatic carbocycles. The van der Waals surface area contributed by atoms with Gasteiger partial charge in [0.1, 0.15) is 11.6 Å². The smallest absolute Gasteiger partial charge is 0.149 e. The van der Waals surface area contributed by atoms with Crippen LogP contribution in [0.2, 0.25) is 0 Å². The van der Waals surface area contributed by atoms with Gasteiger partial charge >= 0.3 is 0 Å². The summed E-state index contributed by atoms with van der Waals surface area (Å²) >= 11 is 0. The molecule has 0 spiro atoms. The second-order valence-electron chi connectivity index (χ2n) is 4.88. The maximum atomic E-state index is 5.77. The summed E-state index contributed by atoms with van der Waals surface area (Å²) in [5.41, 5.74) is 11.9. The number of aromatic nitrogens is 1. The van der Waals surface area contributed by atoms with Crippen molar-refractivity contribution in [3.8, 4) is 0 Å². The van der Waals surface area contributed by atoms with Crippen LogP contribution in [-0.2, 0) is 4.74 Å². The number of hydrogen-bond donors (Lipinski definition) is 3. The second kappa shape index (κ2) is 4.07.